The Morgan fingerprint density at radius 1 is 1.18 bits per heavy atom. The fraction of sp³-hybridized carbons (Fsp3) is 0.500. The van der Waals surface area contributed by atoms with Gasteiger partial charge in [-0.25, -0.2) is 8.78 Å². The topological polar surface area (TPSA) is 46.6 Å². The summed E-state index contributed by atoms with van der Waals surface area (Å²) in [5.41, 5.74) is 0.542. The predicted molar refractivity (Wildman–Crippen MR) is 78.2 cm³/mol. The summed E-state index contributed by atoms with van der Waals surface area (Å²) in [4.78, 5) is 25.1. The first-order valence-electron chi connectivity index (χ1n) is 7.35. The highest BCUT2D eigenvalue weighted by Gasteiger charge is 2.17. The van der Waals surface area contributed by atoms with Crippen LogP contribution in [0.25, 0.3) is 0 Å². The molecule has 0 aliphatic carbocycles. The van der Waals surface area contributed by atoms with Gasteiger partial charge >= 0.3 is 5.97 Å². The molecule has 0 atom stereocenters. The molecular formula is C16H21F2NO3. The summed E-state index contributed by atoms with van der Waals surface area (Å²) < 4.78 is 30.8. The maximum Gasteiger partial charge on any atom is 0.325 e. The molecule has 0 saturated carbocycles. The van der Waals surface area contributed by atoms with E-state index >= 15 is 0 Å². The van der Waals surface area contributed by atoms with E-state index in [-0.39, 0.29) is 25.5 Å². The van der Waals surface area contributed by atoms with Crippen molar-refractivity contribution in [2.24, 2.45) is 0 Å². The Hall–Kier alpha value is -1.98. The summed E-state index contributed by atoms with van der Waals surface area (Å²) in [5.74, 6) is -2.50. The molecule has 0 N–H and O–H groups in total. The molecule has 0 bridgehead atoms. The van der Waals surface area contributed by atoms with Crippen LogP contribution in [-0.4, -0.2) is 36.5 Å². The maximum atomic E-state index is 13.1. The van der Waals surface area contributed by atoms with Crippen LogP contribution in [0.1, 0.15) is 32.3 Å². The van der Waals surface area contributed by atoms with Crippen molar-refractivity contribution in [1.29, 1.82) is 0 Å². The third kappa shape index (κ3) is 5.79. The second-order valence-electron chi connectivity index (χ2n) is 4.87. The van der Waals surface area contributed by atoms with E-state index in [2.05, 4.69) is 0 Å². The molecule has 0 radical (unpaired) electrons. The zero-order valence-corrected chi connectivity index (χ0v) is 12.9. The van der Waals surface area contributed by atoms with E-state index in [0.717, 1.165) is 18.6 Å². The first-order chi connectivity index (χ1) is 10.5. The molecule has 0 unspecified atom stereocenters. The molecule has 22 heavy (non-hydrogen) atoms. The number of carbonyl (C=O) groups is 2. The summed E-state index contributed by atoms with van der Waals surface area (Å²) >= 11 is 0. The average molecular weight is 313 g/mol. The van der Waals surface area contributed by atoms with Crippen LogP contribution in [-0.2, 0) is 20.7 Å². The maximum absolute atomic E-state index is 13.1. The van der Waals surface area contributed by atoms with Gasteiger partial charge in [-0.3, -0.25) is 9.59 Å². The van der Waals surface area contributed by atoms with E-state index in [0.29, 0.717) is 18.5 Å². The Kier molecular flexibility index (Phi) is 7.49. The molecular weight excluding hydrogens is 292 g/mol. The van der Waals surface area contributed by atoms with Gasteiger partial charge in [0.15, 0.2) is 11.6 Å². The van der Waals surface area contributed by atoms with Crippen molar-refractivity contribution in [1.82, 2.24) is 4.90 Å². The number of amides is 1. The second-order valence-corrected chi connectivity index (χ2v) is 4.87. The number of carbonyl (C=O) groups excluding carboxylic acids is 2. The van der Waals surface area contributed by atoms with E-state index in [4.69, 9.17) is 4.74 Å². The molecule has 4 nitrogen and oxygen atoms in total. The summed E-state index contributed by atoms with van der Waals surface area (Å²) in [7, 11) is 0. The minimum atomic E-state index is -0.929. The first-order valence-corrected chi connectivity index (χ1v) is 7.35. The van der Waals surface area contributed by atoms with Gasteiger partial charge < -0.3 is 9.64 Å². The summed E-state index contributed by atoms with van der Waals surface area (Å²) in [5, 5.41) is 0. The number of hydrogen-bond acceptors (Lipinski definition) is 3. The summed E-state index contributed by atoms with van der Waals surface area (Å²) in [6, 6.07) is 3.57. The number of benzene rings is 1. The van der Waals surface area contributed by atoms with Crippen molar-refractivity contribution in [2.45, 2.75) is 33.1 Å². The smallest absolute Gasteiger partial charge is 0.325 e. The van der Waals surface area contributed by atoms with Crippen molar-refractivity contribution < 1.29 is 23.1 Å². The van der Waals surface area contributed by atoms with Crippen LogP contribution in [0, 0.1) is 11.6 Å². The molecule has 0 spiro atoms. The van der Waals surface area contributed by atoms with E-state index in [1.165, 1.54) is 11.0 Å². The van der Waals surface area contributed by atoms with Gasteiger partial charge in [0, 0.05) is 13.0 Å². The van der Waals surface area contributed by atoms with E-state index < -0.39 is 17.6 Å². The minimum absolute atomic E-state index is 0.0850. The van der Waals surface area contributed by atoms with Gasteiger partial charge in [-0.05, 0) is 37.5 Å². The Morgan fingerprint density at radius 3 is 2.50 bits per heavy atom. The Balaban J connectivity index is 2.58. The monoisotopic (exact) mass is 313 g/mol. The normalized spacial score (nSPS) is 10.4. The molecule has 0 aliphatic heterocycles. The average Bonchev–Trinajstić information content (AvgIpc) is 2.48. The van der Waals surface area contributed by atoms with Crippen LogP contribution in [0.5, 0.6) is 0 Å². The van der Waals surface area contributed by atoms with Gasteiger partial charge in [0.05, 0.1) is 6.61 Å². The van der Waals surface area contributed by atoms with E-state index in [1.807, 2.05) is 6.92 Å². The van der Waals surface area contributed by atoms with Crippen LogP contribution >= 0.6 is 0 Å². The molecule has 1 aromatic rings. The molecule has 1 rings (SSSR count). The number of hydrogen-bond donors (Lipinski definition) is 0. The van der Waals surface area contributed by atoms with Crippen LogP contribution in [0.3, 0.4) is 0 Å². The highest BCUT2D eigenvalue weighted by Crippen LogP contribution is 2.11. The molecule has 122 valence electrons. The quantitative estimate of drug-likeness (QED) is 0.693. The van der Waals surface area contributed by atoms with Crippen molar-refractivity contribution in [3.63, 3.8) is 0 Å². The molecule has 6 heteroatoms. The van der Waals surface area contributed by atoms with Crippen molar-refractivity contribution in [3.05, 3.63) is 35.4 Å². The molecule has 0 aromatic heterocycles. The highest BCUT2D eigenvalue weighted by molar-refractivity contribution is 5.82. The van der Waals surface area contributed by atoms with Crippen LogP contribution < -0.4 is 0 Å². The Labute approximate surface area is 129 Å². The Bertz CT molecular complexity index is 520. The van der Waals surface area contributed by atoms with Gasteiger partial charge in [0.25, 0.3) is 0 Å². The lowest BCUT2D eigenvalue weighted by Gasteiger charge is -2.21. The van der Waals surface area contributed by atoms with E-state index in [1.54, 1.807) is 6.92 Å². The SMILES string of the molecule is CCCN(CC(=O)OCC)C(=O)CCc1ccc(F)c(F)c1. The van der Waals surface area contributed by atoms with Gasteiger partial charge in [-0.15, -0.1) is 0 Å². The third-order valence-electron chi connectivity index (χ3n) is 3.08. The van der Waals surface area contributed by atoms with Crippen molar-refractivity contribution >= 4 is 11.9 Å². The standard InChI is InChI=1S/C16H21F2NO3/c1-3-9-19(11-16(21)22-4-2)15(20)8-6-12-5-7-13(17)14(18)10-12/h5,7,10H,3-4,6,8-9,11H2,1-2H3. The molecule has 0 aliphatic rings. The number of rotatable bonds is 8. The van der Waals surface area contributed by atoms with Gasteiger partial charge in [0.2, 0.25) is 5.91 Å². The van der Waals surface area contributed by atoms with Crippen LogP contribution in [0.4, 0.5) is 8.78 Å². The molecule has 0 saturated heterocycles. The molecule has 0 fully saturated rings. The van der Waals surface area contributed by atoms with Crippen LogP contribution in [0.15, 0.2) is 18.2 Å². The molecule has 1 amide bonds. The number of halogens is 2. The van der Waals surface area contributed by atoms with Crippen LogP contribution in [0.2, 0.25) is 0 Å². The summed E-state index contributed by atoms with van der Waals surface area (Å²) in [6.45, 7) is 4.24. The zero-order valence-electron chi connectivity index (χ0n) is 12.9. The predicted octanol–water partition coefficient (Wildman–Crippen LogP) is 2.70. The summed E-state index contributed by atoms with van der Waals surface area (Å²) in [6.07, 6.45) is 1.14. The van der Waals surface area contributed by atoms with Crippen molar-refractivity contribution in [2.75, 3.05) is 19.7 Å². The number of nitrogens with zero attached hydrogens (tertiary/aromatic N) is 1. The third-order valence-corrected chi connectivity index (χ3v) is 3.08. The number of esters is 1. The zero-order chi connectivity index (χ0) is 16.5. The molecule has 0 heterocycles. The lowest BCUT2D eigenvalue weighted by molar-refractivity contribution is -0.149. The highest BCUT2D eigenvalue weighted by atomic mass is 19.2. The lowest BCUT2D eigenvalue weighted by Crippen LogP contribution is -2.37. The van der Waals surface area contributed by atoms with Crippen molar-refractivity contribution in [3.8, 4) is 0 Å². The first kappa shape index (κ1) is 18.1. The molecule has 1 aromatic carbocycles. The number of ether oxygens (including phenoxy) is 1. The number of aryl methyl sites for hydroxylation is 1. The minimum Gasteiger partial charge on any atom is -0.465 e. The largest absolute Gasteiger partial charge is 0.465 e. The lowest BCUT2D eigenvalue weighted by atomic mass is 10.1. The van der Waals surface area contributed by atoms with Gasteiger partial charge in [-0.2, -0.15) is 0 Å². The van der Waals surface area contributed by atoms with E-state index in [9.17, 15) is 18.4 Å². The second kappa shape index (κ2) is 9.12. The van der Waals surface area contributed by atoms with Gasteiger partial charge in [-0.1, -0.05) is 13.0 Å². The fourth-order valence-electron chi connectivity index (χ4n) is 2.03. The Morgan fingerprint density at radius 2 is 1.91 bits per heavy atom. The van der Waals surface area contributed by atoms with Gasteiger partial charge in [0.1, 0.15) is 6.54 Å². The fourth-order valence-corrected chi connectivity index (χ4v) is 2.03.